The van der Waals surface area contributed by atoms with Gasteiger partial charge in [-0.15, -0.1) is 0 Å². The van der Waals surface area contributed by atoms with E-state index in [9.17, 15) is 9.59 Å². The molecule has 3 rings (SSSR count). The van der Waals surface area contributed by atoms with Crippen molar-refractivity contribution in [1.29, 1.82) is 0 Å². The molecule has 1 amide bonds. The third kappa shape index (κ3) is 4.50. The van der Waals surface area contributed by atoms with E-state index in [2.05, 4.69) is 4.98 Å². The quantitative estimate of drug-likeness (QED) is 0.680. The first-order valence-electron chi connectivity index (χ1n) is 9.53. The molecule has 1 aliphatic carbocycles. The molecule has 2 aromatic rings. The van der Waals surface area contributed by atoms with Crippen LogP contribution in [0.1, 0.15) is 58.5 Å². The second-order valence-corrected chi connectivity index (χ2v) is 7.22. The number of ether oxygens (including phenoxy) is 2. The minimum absolute atomic E-state index is 0.165. The predicted octanol–water partition coefficient (Wildman–Crippen LogP) is 3.88. The zero-order valence-corrected chi connectivity index (χ0v) is 16.6. The Labute approximate surface area is 165 Å². The van der Waals surface area contributed by atoms with Gasteiger partial charge in [0.05, 0.1) is 25.3 Å². The summed E-state index contributed by atoms with van der Waals surface area (Å²) in [6.45, 7) is 2.53. The molecule has 1 unspecified atom stereocenters. The molecule has 1 saturated carbocycles. The molecule has 1 atom stereocenters. The van der Waals surface area contributed by atoms with E-state index >= 15 is 0 Å². The molecule has 0 saturated heterocycles. The number of nitrogens with zero attached hydrogens (tertiary/aromatic N) is 2. The molecule has 1 aromatic heterocycles. The molecule has 6 heteroatoms. The van der Waals surface area contributed by atoms with Crippen molar-refractivity contribution in [1.82, 2.24) is 9.88 Å². The summed E-state index contributed by atoms with van der Waals surface area (Å²) in [7, 11) is 3.06. The maximum absolute atomic E-state index is 13.1. The second kappa shape index (κ2) is 8.87. The number of esters is 1. The van der Waals surface area contributed by atoms with Crippen LogP contribution in [0, 0.1) is 5.92 Å². The van der Waals surface area contributed by atoms with Crippen LogP contribution in [-0.4, -0.2) is 42.5 Å². The average molecular weight is 382 g/mol. The molecular formula is C22H26N2O4. The normalized spacial score (nSPS) is 14.7. The number of hydrogen-bond acceptors (Lipinski definition) is 5. The van der Waals surface area contributed by atoms with Gasteiger partial charge in [-0.25, -0.2) is 4.79 Å². The van der Waals surface area contributed by atoms with Gasteiger partial charge in [-0.2, -0.15) is 0 Å². The Kier molecular flexibility index (Phi) is 6.29. The summed E-state index contributed by atoms with van der Waals surface area (Å²) in [4.78, 5) is 30.9. The van der Waals surface area contributed by atoms with Gasteiger partial charge < -0.3 is 14.4 Å². The number of hydrogen-bond donors (Lipinski definition) is 0. The van der Waals surface area contributed by atoms with Crippen molar-refractivity contribution in [2.45, 2.75) is 32.2 Å². The van der Waals surface area contributed by atoms with E-state index in [0.29, 0.717) is 29.4 Å². The molecule has 0 aliphatic heterocycles. The Hall–Kier alpha value is -2.89. The topological polar surface area (TPSA) is 68.7 Å². The molecule has 148 valence electrons. The number of pyridine rings is 1. The van der Waals surface area contributed by atoms with E-state index < -0.39 is 5.97 Å². The molecule has 0 bridgehead atoms. The first kappa shape index (κ1) is 19.9. The van der Waals surface area contributed by atoms with E-state index in [-0.39, 0.29) is 11.9 Å². The number of carbonyl (C=O) groups is 2. The highest BCUT2D eigenvalue weighted by Crippen LogP contribution is 2.28. The van der Waals surface area contributed by atoms with Gasteiger partial charge in [-0.1, -0.05) is 12.5 Å². The zero-order valence-electron chi connectivity index (χ0n) is 16.6. The van der Waals surface area contributed by atoms with Crippen LogP contribution in [-0.2, 0) is 4.74 Å². The Bertz CT molecular complexity index is 834. The van der Waals surface area contributed by atoms with Crippen LogP contribution >= 0.6 is 0 Å². The molecule has 0 spiro atoms. The molecular weight excluding hydrogens is 356 g/mol. The van der Waals surface area contributed by atoms with Crippen LogP contribution < -0.4 is 4.74 Å². The minimum Gasteiger partial charge on any atom is -0.493 e. The van der Waals surface area contributed by atoms with E-state index in [1.807, 2.05) is 19.1 Å². The largest absolute Gasteiger partial charge is 0.493 e. The van der Waals surface area contributed by atoms with Crippen molar-refractivity contribution < 1.29 is 19.1 Å². The molecule has 28 heavy (non-hydrogen) atoms. The molecule has 1 fully saturated rings. The Morgan fingerprint density at radius 2 is 2.00 bits per heavy atom. The lowest BCUT2D eigenvalue weighted by Crippen LogP contribution is -2.30. The van der Waals surface area contributed by atoms with Gasteiger partial charge in [0.25, 0.3) is 5.91 Å². The Balaban J connectivity index is 1.83. The summed E-state index contributed by atoms with van der Waals surface area (Å²) >= 11 is 0. The van der Waals surface area contributed by atoms with Crippen LogP contribution in [0.2, 0.25) is 0 Å². The smallest absolute Gasteiger partial charge is 0.338 e. The minimum atomic E-state index is -0.494. The number of methoxy groups -OCH3 is 1. The van der Waals surface area contributed by atoms with Gasteiger partial charge in [-0.3, -0.25) is 9.78 Å². The number of benzene rings is 1. The maximum atomic E-state index is 13.1. The van der Waals surface area contributed by atoms with E-state index in [1.165, 1.54) is 13.5 Å². The third-order valence-corrected chi connectivity index (χ3v) is 5.35. The molecule has 0 radical (unpaired) electrons. The van der Waals surface area contributed by atoms with E-state index in [0.717, 1.165) is 18.4 Å². The Morgan fingerprint density at radius 1 is 1.25 bits per heavy atom. The van der Waals surface area contributed by atoms with Gasteiger partial charge in [0.2, 0.25) is 0 Å². The summed E-state index contributed by atoms with van der Waals surface area (Å²) in [5, 5.41) is 0. The number of amides is 1. The van der Waals surface area contributed by atoms with Crippen molar-refractivity contribution in [3.63, 3.8) is 0 Å². The average Bonchev–Trinajstić information content (AvgIpc) is 2.70. The lowest BCUT2D eigenvalue weighted by atomic mass is 9.86. The Morgan fingerprint density at radius 3 is 2.61 bits per heavy atom. The van der Waals surface area contributed by atoms with Crippen LogP contribution in [0.25, 0.3) is 0 Å². The number of aromatic nitrogens is 1. The van der Waals surface area contributed by atoms with Gasteiger partial charge in [0.15, 0.2) is 0 Å². The predicted molar refractivity (Wildman–Crippen MR) is 105 cm³/mol. The first-order chi connectivity index (χ1) is 13.5. The molecule has 6 nitrogen and oxygen atoms in total. The highest BCUT2D eigenvalue weighted by molar-refractivity contribution is 5.98. The van der Waals surface area contributed by atoms with Gasteiger partial charge in [0.1, 0.15) is 5.75 Å². The highest BCUT2D eigenvalue weighted by atomic mass is 16.5. The highest BCUT2D eigenvalue weighted by Gasteiger charge is 2.23. The van der Waals surface area contributed by atoms with E-state index in [4.69, 9.17) is 9.47 Å². The van der Waals surface area contributed by atoms with Gasteiger partial charge >= 0.3 is 5.97 Å². The fraction of sp³-hybridized carbons (Fsp3) is 0.409. The fourth-order valence-electron chi connectivity index (χ4n) is 3.14. The van der Waals surface area contributed by atoms with Crippen molar-refractivity contribution in [3.8, 4) is 5.75 Å². The lowest BCUT2D eigenvalue weighted by Gasteiger charge is -2.26. The fourth-order valence-corrected chi connectivity index (χ4v) is 3.14. The SMILES string of the molecule is COC(=O)c1cc(OCC2CCC2)cc(C(=O)N(C)C(C)c2cccnc2)c1. The summed E-state index contributed by atoms with van der Waals surface area (Å²) in [6, 6.07) is 8.48. The van der Waals surface area contributed by atoms with Crippen LogP contribution in [0.5, 0.6) is 5.75 Å². The summed E-state index contributed by atoms with van der Waals surface area (Å²) in [5.41, 5.74) is 1.63. The molecule has 1 aromatic carbocycles. The number of carbonyl (C=O) groups excluding carboxylic acids is 2. The monoisotopic (exact) mass is 382 g/mol. The van der Waals surface area contributed by atoms with Crippen molar-refractivity contribution in [3.05, 3.63) is 59.4 Å². The lowest BCUT2D eigenvalue weighted by molar-refractivity contribution is 0.0600. The summed E-state index contributed by atoms with van der Waals surface area (Å²) in [6.07, 6.45) is 6.99. The number of rotatable bonds is 7. The zero-order chi connectivity index (χ0) is 20.1. The van der Waals surface area contributed by atoms with Crippen molar-refractivity contribution in [2.75, 3.05) is 20.8 Å². The summed E-state index contributed by atoms with van der Waals surface area (Å²) in [5.74, 6) is 0.372. The van der Waals surface area contributed by atoms with Crippen molar-refractivity contribution >= 4 is 11.9 Å². The third-order valence-electron chi connectivity index (χ3n) is 5.35. The van der Waals surface area contributed by atoms with Crippen LogP contribution in [0.3, 0.4) is 0 Å². The van der Waals surface area contributed by atoms with Gasteiger partial charge in [-0.05, 0) is 55.5 Å². The van der Waals surface area contributed by atoms with Crippen LogP contribution in [0.4, 0.5) is 0 Å². The molecule has 0 N–H and O–H groups in total. The maximum Gasteiger partial charge on any atom is 0.338 e. The van der Waals surface area contributed by atoms with Crippen LogP contribution in [0.15, 0.2) is 42.7 Å². The second-order valence-electron chi connectivity index (χ2n) is 7.22. The van der Waals surface area contributed by atoms with E-state index in [1.54, 1.807) is 42.5 Å². The first-order valence-corrected chi connectivity index (χ1v) is 9.53. The van der Waals surface area contributed by atoms with Crippen molar-refractivity contribution in [2.24, 2.45) is 5.92 Å². The standard InChI is InChI=1S/C22H26N2O4/c1-15(17-8-5-9-23-13-17)24(2)21(25)18-10-19(22(26)27-3)12-20(11-18)28-14-16-6-4-7-16/h5,8-13,15-16H,4,6-7,14H2,1-3H3. The molecule has 1 heterocycles. The van der Waals surface area contributed by atoms with Gasteiger partial charge in [0, 0.05) is 25.0 Å². The summed E-state index contributed by atoms with van der Waals surface area (Å²) < 4.78 is 10.7. The molecule has 1 aliphatic rings.